The molecule has 6 heteroatoms. The molecule has 0 atom stereocenters. The van der Waals surface area contributed by atoms with Crippen molar-refractivity contribution in [3.05, 3.63) is 16.3 Å². The van der Waals surface area contributed by atoms with Gasteiger partial charge in [-0.2, -0.15) is 4.31 Å². The maximum atomic E-state index is 12.9. The van der Waals surface area contributed by atoms with Crippen LogP contribution in [0.5, 0.6) is 0 Å². The van der Waals surface area contributed by atoms with Gasteiger partial charge in [-0.05, 0) is 36.8 Å². The van der Waals surface area contributed by atoms with Gasteiger partial charge in [-0.15, -0.1) is 11.3 Å². The van der Waals surface area contributed by atoms with Crippen LogP contribution in [0.4, 0.5) is 0 Å². The Bertz CT molecular complexity index is 533. The van der Waals surface area contributed by atoms with E-state index in [1.165, 1.54) is 11.3 Å². The van der Waals surface area contributed by atoms with E-state index in [-0.39, 0.29) is 6.04 Å². The molecule has 0 amide bonds. The standard InChI is InChI=1S/C14H24N2O2S2/c1-4-15-9-13-14(7-8-19-13)20(17,18)16(10-11(2)3)12-5-6-12/h7-8,11-12,15H,4-6,9-10H2,1-3H3. The Morgan fingerprint density at radius 2 is 2.15 bits per heavy atom. The third-order valence-corrected chi connectivity index (χ3v) is 6.38. The highest BCUT2D eigenvalue weighted by Crippen LogP contribution is 2.34. The quantitative estimate of drug-likeness (QED) is 0.802. The van der Waals surface area contributed by atoms with Crippen LogP contribution in [0, 0.1) is 5.92 Å². The fraction of sp³-hybridized carbons (Fsp3) is 0.714. The number of rotatable bonds is 8. The molecule has 1 aliphatic carbocycles. The molecule has 0 spiro atoms. The summed E-state index contributed by atoms with van der Waals surface area (Å²) >= 11 is 1.52. The molecule has 20 heavy (non-hydrogen) atoms. The molecule has 0 bridgehead atoms. The highest BCUT2D eigenvalue weighted by molar-refractivity contribution is 7.89. The minimum Gasteiger partial charge on any atom is -0.312 e. The number of hydrogen-bond acceptors (Lipinski definition) is 4. The maximum Gasteiger partial charge on any atom is 0.244 e. The van der Waals surface area contributed by atoms with Crippen molar-refractivity contribution < 1.29 is 8.42 Å². The van der Waals surface area contributed by atoms with Crippen LogP contribution in [-0.2, 0) is 16.6 Å². The Morgan fingerprint density at radius 1 is 1.45 bits per heavy atom. The first-order chi connectivity index (χ1) is 9.46. The third-order valence-electron chi connectivity index (χ3n) is 3.33. The van der Waals surface area contributed by atoms with Crippen molar-refractivity contribution in [2.45, 2.75) is 51.1 Å². The van der Waals surface area contributed by atoms with Gasteiger partial charge in [-0.25, -0.2) is 8.42 Å². The third kappa shape index (κ3) is 3.61. The average molecular weight is 316 g/mol. The van der Waals surface area contributed by atoms with Crippen molar-refractivity contribution in [2.24, 2.45) is 5.92 Å². The van der Waals surface area contributed by atoms with E-state index in [1.807, 2.05) is 12.3 Å². The summed E-state index contributed by atoms with van der Waals surface area (Å²) in [7, 11) is -3.35. The van der Waals surface area contributed by atoms with Crippen LogP contribution >= 0.6 is 11.3 Å². The van der Waals surface area contributed by atoms with Gasteiger partial charge in [0.15, 0.2) is 0 Å². The van der Waals surface area contributed by atoms with E-state index in [0.29, 0.717) is 23.9 Å². The molecule has 0 unspecified atom stereocenters. The van der Waals surface area contributed by atoms with Gasteiger partial charge in [-0.1, -0.05) is 20.8 Å². The molecule has 4 nitrogen and oxygen atoms in total. The second-order valence-electron chi connectivity index (χ2n) is 5.69. The lowest BCUT2D eigenvalue weighted by atomic mass is 10.2. The minimum atomic E-state index is -3.35. The molecule has 1 aromatic rings. The molecule has 1 fully saturated rings. The normalized spacial score (nSPS) is 16.2. The highest BCUT2D eigenvalue weighted by Gasteiger charge is 2.39. The summed E-state index contributed by atoms with van der Waals surface area (Å²) in [6, 6.07) is 1.97. The van der Waals surface area contributed by atoms with Crippen molar-refractivity contribution in [3.63, 3.8) is 0 Å². The Hall–Kier alpha value is -0.430. The van der Waals surface area contributed by atoms with E-state index in [2.05, 4.69) is 19.2 Å². The van der Waals surface area contributed by atoms with Crippen molar-refractivity contribution in [3.8, 4) is 0 Å². The van der Waals surface area contributed by atoms with E-state index in [4.69, 9.17) is 0 Å². The molecule has 0 aliphatic heterocycles. The fourth-order valence-electron chi connectivity index (χ4n) is 2.22. The molecule has 1 saturated carbocycles. The smallest absolute Gasteiger partial charge is 0.244 e. The van der Waals surface area contributed by atoms with Crippen LogP contribution in [0.3, 0.4) is 0 Å². The van der Waals surface area contributed by atoms with Gasteiger partial charge >= 0.3 is 0 Å². The van der Waals surface area contributed by atoms with E-state index in [9.17, 15) is 8.42 Å². The van der Waals surface area contributed by atoms with Crippen LogP contribution in [-0.4, -0.2) is 31.9 Å². The Labute approximate surface area is 126 Å². The first-order valence-corrected chi connectivity index (χ1v) is 9.57. The first-order valence-electron chi connectivity index (χ1n) is 7.25. The van der Waals surface area contributed by atoms with Crippen LogP contribution < -0.4 is 5.32 Å². The SMILES string of the molecule is CCNCc1sccc1S(=O)(=O)N(CC(C)C)C1CC1. The molecule has 114 valence electrons. The maximum absolute atomic E-state index is 12.9. The summed E-state index contributed by atoms with van der Waals surface area (Å²) in [5.74, 6) is 0.348. The fourth-order valence-corrected chi connectivity index (χ4v) is 5.45. The van der Waals surface area contributed by atoms with Crippen LogP contribution in [0.15, 0.2) is 16.3 Å². The Balaban J connectivity index is 2.25. The molecule has 1 N–H and O–H groups in total. The summed E-state index contributed by atoms with van der Waals surface area (Å²) in [5, 5.41) is 5.09. The second-order valence-corrected chi connectivity index (χ2v) is 8.55. The van der Waals surface area contributed by atoms with Gasteiger partial charge in [-0.3, -0.25) is 0 Å². The molecule has 2 rings (SSSR count). The molecular formula is C14H24N2O2S2. The molecule has 0 radical (unpaired) electrons. The van der Waals surface area contributed by atoms with Crippen molar-refractivity contribution in [1.82, 2.24) is 9.62 Å². The average Bonchev–Trinajstić information content (AvgIpc) is 3.10. The van der Waals surface area contributed by atoms with Crippen molar-refractivity contribution in [2.75, 3.05) is 13.1 Å². The second kappa shape index (κ2) is 6.56. The number of thiophene rings is 1. The summed E-state index contributed by atoms with van der Waals surface area (Å²) in [6.07, 6.45) is 2.00. The van der Waals surface area contributed by atoms with Gasteiger partial charge < -0.3 is 5.32 Å². The number of nitrogens with zero attached hydrogens (tertiary/aromatic N) is 1. The Kier molecular flexibility index (Phi) is 5.23. The molecular weight excluding hydrogens is 292 g/mol. The van der Waals surface area contributed by atoms with Crippen molar-refractivity contribution >= 4 is 21.4 Å². The summed E-state index contributed by atoms with van der Waals surface area (Å²) in [6.45, 7) is 8.25. The highest BCUT2D eigenvalue weighted by atomic mass is 32.2. The van der Waals surface area contributed by atoms with E-state index in [1.54, 1.807) is 10.4 Å². The van der Waals surface area contributed by atoms with E-state index >= 15 is 0 Å². The lowest BCUT2D eigenvalue weighted by molar-refractivity contribution is 0.360. The van der Waals surface area contributed by atoms with Gasteiger partial charge in [0.1, 0.15) is 0 Å². The first kappa shape index (κ1) is 15.9. The number of hydrogen-bond donors (Lipinski definition) is 1. The largest absolute Gasteiger partial charge is 0.312 e. The summed E-state index contributed by atoms with van der Waals surface area (Å²) in [5.41, 5.74) is 0. The molecule has 1 heterocycles. The number of sulfonamides is 1. The summed E-state index contributed by atoms with van der Waals surface area (Å²) in [4.78, 5) is 1.41. The van der Waals surface area contributed by atoms with Gasteiger partial charge in [0.25, 0.3) is 0 Å². The molecule has 0 saturated heterocycles. The monoisotopic (exact) mass is 316 g/mol. The van der Waals surface area contributed by atoms with Gasteiger partial charge in [0, 0.05) is 24.0 Å². The van der Waals surface area contributed by atoms with Gasteiger partial charge in [0.2, 0.25) is 10.0 Å². The summed E-state index contributed by atoms with van der Waals surface area (Å²) < 4.78 is 27.5. The topological polar surface area (TPSA) is 49.4 Å². The number of nitrogens with one attached hydrogen (secondary N) is 1. The van der Waals surface area contributed by atoms with Crippen molar-refractivity contribution in [1.29, 1.82) is 0 Å². The lowest BCUT2D eigenvalue weighted by Gasteiger charge is -2.24. The zero-order valence-corrected chi connectivity index (χ0v) is 14.1. The van der Waals surface area contributed by atoms with Crippen LogP contribution in [0.2, 0.25) is 0 Å². The molecule has 1 aliphatic rings. The van der Waals surface area contributed by atoms with Crippen LogP contribution in [0.1, 0.15) is 38.5 Å². The zero-order chi connectivity index (χ0) is 14.8. The molecule has 0 aromatic carbocycles. The minimum absolute atomic E-state index is 0.217. The predicted molar refractivity (Wildman–Crippen MR) is 83.5 cm³/mol. The van der Waals surface area contributed by atoms with Gasteiger partial charge in [0.05, 0.1) is 4.90 Å². The molecule has 1 aromatic heterocycles. The van der Waals surface area contributed by atoms with E-state index in [0.717, 1.165) is 24.3 Å². The predicted octanol–water partition coefficient (Wildman–Crippen LogP) is 2.67. The zero-order valence-electron chi connectivity index (χ0n) is 12.4. The van der Waals surface area contributed by atoms with E-state index < -0.39 is 10.0 Å². The Morgan fingerprint density at radius 3 is 2.70 bits per heavy atom. The lowest BCUT2D eigenvalue weighted by Crippen LogP contribution is -2.36. The van der Waals surface area contributed by atoms with Crippen LogP contribution in [0.25, 0.3) is 0 Å².